The molecule has 2 heteroatoms. The zero-order chi connectivity index (χ0) is 11.5. The molecule has 2 rings (SSSR count). The summed E-state index contributed by atoms with van der Waals surface area (Å²) >= 11 is 0. The van der Waals surface area contributed by atoms with Crippen molar-refractivity contribution >= 4 is 5.69 Å². The molecule has 0 amide bonds. The minimum atomic E-state index is 0.735. The van der Waals surface area contributed by atoms with Gasteiger partial charge in [-0.15, -0.1) is 0 Å². The Hall–Kier alpha value is -1.02. The third-order valence-electron chi connectivity index (χ3n) is 3.24. The molecule has 2 N–H and O–H groups in total. The lowest BCUT2D eigenvalue weighted by atomic mass is 9.94. The Morgan fingerprint density at radius 2 is 2.00 bits per heavy atom. The predicted octanol–water partition coefficient (Wildman–Crippen LogP) is 2.50. The van der Waals surface area contributed by atoms with Crippen molar-refractivity contribution in [3.63, 3.8) is 0 Å². The summed E-state index contributed by atoms with van der Waals surface area (Å²) in [5.74, 6) is 1.50. The first-order valence-electron chi connectivity index (χ1n) is 6.02. The van der Waals surface area contributed by atoms with Crippen LogP contribution >= 0.6 is 0 Å². The number of benzene rings is 1. The summed E-state index contributed by atoms with van der Waals surface area (Å²) in [5.41, 5.74) is 7.94. The number of hydrogen-bond acceptors (Lipinski definition) is 2. The van der Waals surface area contributed by atoms with Crippen molar-refractivity contribution in [2.45, 2.75) is 32.7 Å². The van der Waals surface area contributed by atoms with Gasteiger partial charge < -0.3 is 5.73 Å². The molecule has 1 radical (unpaired) electrons. The summed E-state index contributed by atoms with van der Waals surface area (Å²) in [6.45, 7) is 6.82. The van der Waals surface area contributed by atoms with E-state index in [-0.39, 0.29) is 0 Å². The van der Waals surface area contributed by atoms with Crippen molar-refractivity contribution in [2.24, 2.45) is 0 Å². The normalized spacial score (nSPS) is 21.1. The molecule has 1 saturated heterocycles. The van der Waals surface area contributed by atoms with E-state index in [1.54, 1.807) is 0 Å². The number of likely N-dealkylation sites (tertiary alicyclic amines) is 1. The van der Waals surface area contributed by atoms with Gasteiger partial charge >= 0.3 is 0 Å². The molecule has 1 heterocycles. The fourth-order valence-electron chi connectivity index (χ4n) is 2.27. The monoisotopic (exact) mass is 217 g/mol. The summed E-state index contributed by atoms with van der Waals surface area (Å²) < 4.78 is 0. The zero-order valence-corrected chi connectivity index (χ0v) is 10.2. The van der Waals surface area contributed by atoms with Crippen LogP contribution in [-0.4, -0.2) is 24.0 Å². The van der Waals surface area contributed by atoms with Gasteiger partial charge in [0.25, 0.3) is 0 Å². The molecule has 0 bridgehead atoms. The molecule has 16 heavy (non-hydrogen) atoms. The first-order valence-corrected chi connectivity index (χ1v) is 6.02. The highest BCUT2D eigenvalue weighted by atomic mass is 15.2. The van der Waals surface area contributed by atoms with Crippen molar-refractivity contribution in [1.29, 1.82) is 0 Å². The molecule has 87 valence electrons. The second-order valence-electron chi connectivity index (χ2n) is 5.07. The van der Waals surface area contributed by atoms with Crippen molar-refractivity contribution < 1.29 is 0 Å². The van der Waals surface area contributed by atoms with Crippen LogP contribution in [0.15, 0.2) is 24.3 Å². The van der Waals surface area contributed by atoms with Gasteiger partial charge in [-0.25, -0.2) is 0 Å². The molecule has 0 unspecified atom stereocenters. The van der Waals surface area contributed by atoms with E-state index >= 15 is 0 Å². The maximum Gasteiger partial charge on any atom is 0.0314 e. The molecule has 1 atom stereocenters. The largest absolute Gasteiger partial charge is 0.399 e. The van der Waals surface area contributed by atoms with E-state index in [2.05, 4.69) is 30.9 Å². The lowest BCUT2D eigenvalue weighted by Gasteiger charge is -2.42. The van der Waals surface area contributed by atoms with Crippen LogP contribution in [0.3, 0.4) is 0 Å². The zero-order valence-electron chi connectivity index (χ0n) is 10.2. The minimum Gasteiger partial charge on any atom is -0.399 e. The van der Waals surface area contributed by atoms with E-state index in [1.807, 2.05) is 12.1 Å². The number of nitrogens with two attached hydrogens (primary N) is 1. The van der Waals surface area contributed by atoms with E-state index in [9.17, 15) is 0 Å². The van der Waals surface area contributed by atoms with Gasteiger partial charge in [0.05, 0.1) is 0 Å². The summed E-state index contributed by atoms with van der Waals surface area (Å²) in [6, 6.07) is 9.02. The maximum atomic E-state index is 5.68. The van der Waals surface area contributed by atoms with Gasteiger partial charge in [-0.1, -0.05) is 26.0 Å². The molecular formula is C14H21N2. The van der Waals surface area contributed by atoms with Crippen LogP contribution in [0.2, 0.25) is 0 Å². The van der Waals surface area contributed by atoms with Gasteiger partial charge in [-0.05, 0) is 43.0 Å². The molecule has 1 aromatic carbocycles. The highest BCUT2D eigenvalue weighted by molar-refractivity contribution is 5.39. The SMILES string of the molecule is C[C](C)CN1CC[C@H]1Cc1ccc(N)cc1. The van der Waals surface area contributed by atoms with Crippen molar-refractivity contribution in [3.8, 4) is 0 Å². The second kappa shape index (κ2) is 4.88. The smallest absolute Gasteiger partial charge is 0.0314 e. The van der Waals surface area contributed by atoms with Gasteiger partial charge in [0, 0.05) is 18.3 Å². The average molecular weight is 217 g/mol. The number of nitrogen functional groups attached to an aromatic ring is 1. The van der Waals surface area contributed by atoms with E-state index in [4.69, 9.17) is 5.73 Å². The van der Waals surface area contributed by atoms with Crippen LogP contribution in [0.25, 0.3) is 0 Å². The Bertz CT molecular complexity index is 329. The van der Waals surface area contributed by atoms with Crippen molar-refractivity contribution in [3.05, 3.63) is 35.7 Å². The minimum absolute atomic E-state index is 0.735. The molecule has 0 aliphatic carbocycles. The quantitative estimate of drug-likeness (QED) is 0.785. The molecule has 2 nitrogen and oxygen atoms in total. The van der Waals surface area contributed by atoms with Gasteiger partial charge in [-0.3, -0.25) is 4.90 Å². The van der Waals surface area contributed by atoms with Gasteiger partial charge in [-0.2, -0.15) is 0 Å². The fraction of sp³-hybridized carbons (Fsp3) is 0.500. The van der Waals surface area contributed by atoms with Crippen LogP contribution in [0.5, 0.6) is 0 Å². The molecular weight excluding hydrogens is 196 g/mol. The average Bonchev–Trinajstić information content (AvgIpc) is 2.23. The molecule has 1 aliphatic rings. The van der Waals surface area contributed by atoms with Gasteiger partial charge in [0.15, 0.2) is 0 Å². The first kappa shape index (κ1) is 11.5. The van der Waals surface area contributed by atoms with Crippen LogP contribution in [0.1, 0.15) is 25.8 Å². The summed E-state index contributed by atoms with van der Waals surface area (Å²) in [6.07, 6.45) is 2.49. The van der Waals surface area contributed by atoms with Crippen LogP contribution in [-0.2, 0) is 6.42 Å². The third-order valence-corrected chi connectivity index (χ3v) is 3.24. The van der Waals surface area contributed by atoms with Crippen LogP contribution in [0, 0.1) is 5.92 Å². The van der Waals surface area contributed by atoms with Gasteiger partial charge in [0.2, 0.25) is 0 Å². The Kier molecular flexibility index (Phi) is 3.49. The summed E-state index contributed by atoms with van der Waals surface area (Å²) in [7, 11) is 0. The first-order chi connectivity index (χ1) is 7.65. The van der Waals surface area contributed by atoms with E-state index in [0.717, 1.165) is 24.7 Å². The number of hydrogen-bond donors (Lipinski definition) is 1. The van der Waals surface area contributed by atoms with E-state index in [1.165, 1.54) is 24.4 Å². The number of rotatable bonds is 4. The number of anilines is 1. The highest BCUT2D eigenvalue weighted by Crippen LogP contribution is 2.23. The Balaban J connectivity index is 1.88. The molecule has 0 saturated carbocycles. The Morgan fingerprint density at radius 3 is 2.50 bits per heavy atom. The Morgan fingerprint density at radius 1 is 1.31 bits per heavy atom. The molecule has 0 aromatic heterocycles. The molecule has 1 aromatic rings. The summed E-state index contributed by atoms with van der Waals surface area (Å²) in [4.78, 5) is 2.56. The summed E-state index contributed by atoms with van der Waals surface area (Å²) in [5, 5.41) is 0. The molecule has 1 fully saturated rings. The fourth-order valence-corrected chi connectivity index (χ4v) is 2.27. The topological polar surface area (TPSA) is 29.3 Å². The van der Waals surface area contributed by atoms with Crippen molar-refractivity contribution in [2.75, 3.05) is 18.8 Å². The lowest BCUT2D eigenvalue weighted by Crippen LogP contribution is -2.49. The van der Waals surface area contributed by atoms with Crippen LogP contribution in [0.4, 0.5) is 5.69 Å². The Labute approximate surface area is 98.4 Å². The van der Waals surface area contributed by atoms with E-state index < -0.39 is 0 Å². The van der Waals surface area contributed by atoms with Crippen molar-refractivity contribution in [1.82, 2.24) is 4.90 Å². The molecule has 0 spiro atoms. The molecule has 1 aliphatic heterocycles. The maximum absolute atomic E-state index is 5.68. The standard InChI is InChI=1S/C14H21N2/c1-11(2)10-16-8-7-14(16)9-12-3-5-13(15)6-4-12/h3-6,14H,7-10,15H2,1-2H3/t14-/m0/s1. The van der Waals surface area contributed by atoms with E-state index in [0.29, 0.717) is 0 Å². The third kappa shape index (κ3) is 2.76. The predicted molar refractivity (Wildman–Crippen MR) is 69.1 cm³/mol. The number of nitrogens with zero attached hydrogens (tertiary/aromatic N) is 1. The van der Waals surface area contributed by atoms with Crippen LogP contribution < -0.4 is 5.73 Å². The lowest BCUT2D eigenvalue weighted by molar-refractivity contribution is 0.0969. The highest BCUT2D eigenvalue weighted by Gasteiger charge is 2.27. The second-order valence-corrected chi connectivity index (χ2v) is 5.07. The van der Waals surface area contributed by atoms with Gasteiger partial charge in [0.1, 0.15) is 0 Å².